The van der Waals surface area contributed by atoms with E-state index >= 15 is 0 Å². The fraction of sp³-hybridized carbons (Fsp3) is 0.600. The fourth-order valence-electron chi connectivity index (χ4n) is 2.80. The Hall–Kier alpha value is -1.66. The Bertz CT molecular complexity index is 601. The van der Waals surface area contributed by atoms with Gasteiger partial charge in [0.15, 0.2) is 0 Å². The van der Waals surface area contributed by atoms with Crippen LogP contribution in [0.5, 0.6) is 0 Å². The molecular formula is C15H23N5O. The van der Waals surface area contributed by atoms with Gasteiger partial charge in [-0.1, -0.05) is 0 Å². The average Bonchev–Trinajstić information content (AvgIpc) is 2.91. The molecule has 0 aliphatic carbocycles. The Morgan fingerprint density at radius 2 is 2.10 bits per heavy atom. The van der Waals surface area contributed by atoms with E-state index < -0.39 is 0 Å². The monoisotopic (exact) mass is 289 g/mol. The summed E-state index contributed by atoms with van der Waals surface area (Å²) in [6, 6.07) is 4.08. The smallest absolute Gasteiger partial charge is 0.147 e. The Morgan fingerprint density at radius 1 is 1.24 bits per heavy atom. The Kier molecular flexibility index (Phi) is 4.07. The summed E-state index contributed by atoms with van der Waals surface area (Å²) in [7, 11) is 4.12. The van der Waals surface area contributed by atoms with Crippen LogP contribution >= 0.6 is 0 Å². The quantitative estimate of drug-likeness (QED) is 0.856. The maximum atomic E-state index is 5.68. The summed E-state index contributed by atoms with van der Waals surface area (Å²) in [6.45, 7) is 6.55. The van der Waals surface area contributed by atoms with Crippen molar-refractivity contribution < 1.29 is 4.42 Å². The molecule has 0 saturated carbocycles. The molecule has 1 aliphatic rings. The molecular weight excluding hydrogens is 266 g/mol. The number of hydrogen-bond acceptors (Lipinski definition) is 5. The molecule has 21 heavy (non-hydrogen) atoms. The van der Waals surface area contributed by atoms with E-state index in [0.29, 0.717) is 0 Å². The summed E-state index contributed by atoms with van der Waals surface area (Å²) in [4.78, 5) is 4.51. The number of aryl methyl sites for hydroxylation is 1. The second-order valence-corrected chi connectivity index (χ2v) is 6.00. The molecule has 0 aromatic carbocycles. The van der Waals surface area contributed by atoms with E-state index in [4.69, 9.17) is 4.42 Å². The van der Waals surface area contributed by atoms with Crippen LogP contribution in [0.4, 0.5) is 0 Å². The highest BCUT2D eigenvalue weighted by atomic mass is 16.3. The van der Waals surface area contributed by atoms with Gasteiger partial charge in [0.25, 0.3) is 0 Å². The zero-order valence-corrected chi connectivity index (χ0v) is 13.0. The van der Waals surface area contributed by atoms with E-state index in [0.717, 1.165) is 62.3 Å². The first kappa shape index (κ1) is 14.3. The van der Waals surface area contributed by atoms with Crippen LogP contribution < -0.4 is 0 Å². The molecule has 0 fully saturated rings. The molecule has 6 heteroatoms. The molecule has 3 rings (SSSR count). The van der Waals surface area contributed by atoms with Gasteiger partial charge >= 0.3 is 0 Å². The lowest BCUT2D eigenvalue weighted by atomic mass is 10.3. The predicted molar refractivity (Wildman–Crippen MR) is 79.6 cm³/mol. The molecule has 0 spiro atoms. The first-order valence-electron chi connectivity index (χ1n) is 7.45. The molecule has 114 valence electrons. The first-order valence-corrected chi connectivity index (χ1v) is 7.45. The molecule has 0 bridgehead atoms. The van der Waals surface area contributed by atoms with Gasteiger partial charge in [0.1, 0.15) is 23.2 Å². The van der Waals surface area contributed by atoms with Crippen molar-refractivity contribution in [2.75, 3.05) is 20.6 Å². The van der Waals surface area contributed by atoms with Gasteiger partial charge in [0, 0.05) is 13.1 Å². The Labute approximate surface area is 125 Å². The Morgan fingerprint density at radius 3 is 2.81 bits per heavy atom. The van der Waals surface area contributed by atoms with Gasteiger partial charge in [-0.15, -0.1) is 10.2 Å². The van der Waals surface area contributed by atoms with Gasteiger partial charge in [-0.05, 0) is 39.6 Å². The number of fused-ring (bicyclic) bond motifs is 1. The van der Waals surface area contributed by atoms with Crippen molar-refractivity contribution in [2.45, 2.75) is 39.5 Å². The average molecular weight is 289 g/mol. The van der Waals surface area contributed by atoms with E-state index in [1.165, 1.54) is 0 Å². The minimum absolute atomic E-state index is 0.834. The Balaban J connectivity index is 1.72. The van der Waals surface area contributed by atoms with Crippen molar-refractivity contribution in [3.8, 4) is 0 Å². The minimum atomic E-state index is 0.834. The van der Waals surface area contributed by atoms with Gasteiger partial charge in [-0.3, -0.25) is 4.90 Å². The molecule has 0 atom stereocenters. The third-order valence-electron chi connectivity index (χ3n) is 3.76. The van der Waals surface area contributed by atoms with Crippen LogP contribution in [0.2, 0.25) is 0 Å². The van der Waals surface area contributed by atoms with E-state index in [1.807, 2.05) is 13.0 Å². The van der Waals surface area contributed by atoms with Crippen LogP contribution in [0.25, 0.3) is 0 Å². The maximum absolute atomic E-state index is 5.68. The van der Waals surface area contributed by atoms with Gasteiger partial charge in [0.05, 0.1) is 19.6 Å². The maximum Gasteiger partial charge on any atom is 0.147 e. The van der Waals surface area contributed by atoms with Gasteiger partial charge < -0.3 is 13.9 Å². The number of rotatable bonds is 4. The van der Waals surface area contributed by atoms with Gasteiger partial charge in [-0.25, -0.2) is 0 Å². The second kappa shape index (κ2) is 5.99. The van der Waals surface area contributed by atoms with E-state index in [1.54, 1.807) is 0 Å². The van der Waals surface area contributed by atoms with Crippen molar-refractivity contribution in [1.29, 1.82) is 0 Å². The zero-order valence-electron chi connectivity index (χ0n) is 13.0. The highest BCUT2D eigenvalue weighted by Gasteiger charge is 2.20. The minimum Gasteiger partial charge on any atom is -0.465 e. The summed E-state index contributed by atoms with van der Waals surface area (Å²) in [5, 5.41) is 8.73. The molecule has 0 unspecified atom stereocenters. The van der Waals surface area contributed by atoms with Gasteiger partial charge in [0.2, 0.25) is 0 Å². The SMILES string of the molecule is Cc1ccc(CN2CCCn3c(CN(C)C)nnc3C2)o1. The molecule has 2 aromatic rings. The van der Waals surface area contributed by atoms with Crippen molar-refractivity contribution in [3.63, 3.8) is 0 Å². The lowest BCUT2D eigenvalue weighted by molar-refractivity contribution is 0.235. The molecule has 0 radical (unpaired) electrons. The standard InChI is InChI=1S/C15H23N5O/c1-12-5-6-13(21-12)9-19-7-4-8-20-14(10-18(2)3)16-17-15(20)11-19/h5-6H,4,7-11H2,1-3H3. The van der Waals surface area contributed by atoms with Crippen molar-refractivity contribution in [2.24, 2.45) is 0 Å². The highest BCUT2D eigenvalue weighted by molar-refractivity contribution is 5.06. The van der Waals surface area contributed by atoms with Crippen LogP contribution in [0, 0.1) is 6.92 Å². The van der Waals surface area contributed by atoms with Crippen LogP contribution in [-0.2, 0) is 26.2 Å². The first-order chi connectivity index (χ1) is 10.1. The number of furan rings is 1. The molecule has 3 heterocycles. The van der Waals surface area contributed by atoms with E-state index in [-0.39, 0.29) is 0 Å². The molecule has 2 aromatic heterocycles. The zero-order chi connectivity index (χ0) is 14.8. The highest BCUT2D eigenvalue weighted by Crippen LogP contribution is 2.17. The number of nitrogens with zero attached hydrogens (tertiary/aromatic N) is 5. The topological polar surface area (TPSA) is 50.3 Å². The number of hydrogen-bond donors (Lipinski definition) is 0. The van der Waals surface area contributed by atoms with Crippen LogP contribution in [0.1, 0.15) is 29.6 Å². The molecule has 0 saturated heterocycles. The lowest BCUT2D eigenvalue weighted by Gasteiger charge is -2.17. The summed E-state index contributed by atoms with van der Waals surface area (Å²) in [5.41, 5.74) is 0. The van der Waals surface area contributed by atoms with Gasteiger partial charge in [-0.2, -0.15) is 0 Å². The summed E-state index contributed by atoms with van der Waals surface area (Å²) in [6.07, 6.45) is 1.12. The third kappa shape index (κ3) is 3.33. The van der Waals surface area contributed by atoms with Crippen LogP contribution in [0.15, 0.2) is 16.5 Å². The third-order valence-corrected chi connectivity index (χ3v) is 3.76. The van der Waals surface area contributed by atoms with Crippen molar-refractivity contribution in [3.05, 3.63) is 35.3 Å². The molecule has 6 nitrogen and oxygen atoms in total. The van der Waals surface area contributed by atoms with Crippen molar-refractivity contribution >= 4 is 0 Å². The van der Waals surface area contributed by atoms with Crippen molar-refractivity contribution in [1.82, 2.24) is 24.6 Å². The summed E-state index contributed by atoms with van der Waals surface area (Å²) < 4.78 is 7.95. The summed E-state index contributed by atoms with van der Waals surface area (Å²) in [5.74, 6) is 4.11. The normalized spacial score (nSPS) is 16.2. The van der Waals surface area contributed by atoms with E-state index in [9.17, 15) is 0 Å². The fourth-order valence-corrected chi connectivity index (χ4v) is 2.80. The molecule has 0 amide bonds. The largest absolute Gasteiger partial charge is 0.465 e. The number of aromatic nitrogens is 3. The van der Waals surface area contributed by atoms with Crippen LogP contribution in [0.3, 0.4) is 0 Å². The molecule has 0 N–H and O–H groups in total. The molecule has 1 aliphatic heterocycles. The predicted octanol–water partition coefficient (Wildman–Crippen LogP) is 1.65. The van der Waals surface area contributed by atoms with E-state index in [2.05, 4.69) is 44.7 Å². The second-order valence-electron chi connectivity index (χ2n) is 6.00. The lowest BCUT2D eigenvalue weighted by Crippen LogP contribution is -2.22. The summed E-state index contributed by atoms with van der Waals surface area (Å²) >= 11 is 0. The van der Waals surface area contributed by atoms with Crippen LogP contribution in [-0.4, -0.2) is 45.2 Å².